The van der Waals surface area contributed by atoms with E-state index in [-0.39, 0.29) is 6.42 Å². The van der Waals surface area contributed by atoms with E-state index in [1.807, 2.05) is 6.07 Å². The summed E-state index contributed by atoms with van der Waals surface area (Å²) in [6.07, 6.45) is -4.74. The van der Waals surface area contributed by atoms with Crippen LogP contribution in [0.25, 0.3) is 0 Å². The van der Waals surface area contributed by atoms with Gasteiger partial charge in [0, 0.05) is 17.8 Å². The molecule has 1 heterocycles. The van der Waals surface area contributed by atoms with Crippen molar-refractivity contribution in [3.63, 3.8) is 0 Å². The summed E-state index contributed by atoms with van der Waals surface area (Å²) < 4.78 is 35.4. The number of thiophene rings is 1. The Hall–Kier alpha value is -1.06. The van der Waals surface area contributed by atoms with Gasteiger partial charge in [0.25, 0.3) is 0 Å². The average molecular weight is 248 g/mol. The molecule has 1 aromatic heterocycles. The molecule has 0 unspecified atom stereocenters. The summed E-state index contributed by atoms with van der Waals surface area (Å²) in [5.41, 5.74) is 0. The SMILES string of the molecule is N#Cc1ccc(CNCCCC(F)(F)F)s1. The molecule has 1 N–H and O–H groups in total. The average Bonchev–Trinajstić information content (AvgIpc) is 2.63. The Morgan fingerprint density at radius 1 is 1.38 bits per heavy atom. The molecule has 6 heteroatoms. The fourth-order valence-electron chi connectivity index (χ4n) is 1.16. The Balaban J connectivity index is 2.14. The number of rotatable bonds is 5. The molecule has 0 amide bonds. The fourth-order valence-corrected chi connectivity index (χ4v) is 1.93. The van der Waals surface area contributed by atoms with Crippen LogP contribution in [-0.2, 0) is 6.54 Å². The highest BCUT2D eigenvalue weighted by atomic mass is 32.1. The minimum absolute atomic E-state index is 0.0833. The van der Waals surface area contributed by atoms with Crippen molar-refractivity contribution in [2.24, 2.45) is 0 Å². The van der Waals surface area contributed by atoms with E-state index in [9.17, 15) is 13.2 Å². The maximum absolute atomic E-state index is 11.8. The zero-order valence-corrected chi connectivity index (χ0v) is 9.29. The van der Waals surface area contributed by atoms with E-state index in [0.717, 1.165) is 4.88 Å². The molecule has 0 saturated heterocycles. The summed E-state index contributed by atoms with van der Waals surface area (Å²) >= 11 is 1.35. The number of hydrogen-bond acceptors (Lipinski definition) is 3. The van der Waals surface area contributed by atoms with Crippen molar-refractivity contribution in [1.82, 2.24) is 5.32 Å². The number of halogens is 3. The minimum Gasteiger partial charge on any atom is -0.312 e. The molecular weight excluding hydrogens is 237 g/mol. The number of nitrogens with one attached hydrogen (secondary N) is 1. The van der Waals surface area contributed by atoms with Crippen molar-refractivity contribution in [2.45, 2.75) is 25.6 Å². The van der Waals surface area contributed by atoms with Crippen molar-refractivity contribution in [3.05, 3.63) is 21.9 Å². The third kappa shape index (κ3) is 5.14. The largest absolute Gasteiger partial charge is 0.389 e. The molecule has 0 bridgehead atoms. The summed E-state index contributed by atoms with van der Waals surface area (Å²) in [6.45, 7) is 0.851. The molecule has 2 nitrogen and oxygen atoms in total. The number of nitriles is 1. The standard InChI is InChI=1S/C10H11F3N2S/c11-10(12,13)4-1-5-15-7-9-3-2-8(6-14)16-9/h2-3,15H,1,4-5,7H2. The van der Waals surface area contributed by atoms with Crippen molar-refractivity contribution in [1.29, 1.82) is 5.26 Å². The molecule has 1 aromatic rings. The first-order chi connectivity index (χ1) is 7.51. The molecule has 0 atom stereocenters. The van der Waals surface area contributed by atoms with E-state index in [1.54, 1.807) is 12.1 Å². The Kier molecular flexibility index (Phi) is 4.77. The van der Waals surface area contributed by atoms with Gasteiger partial charge < -0.3 is 5.32 Å². The highest BCUT2D eigenvalue weighted by Crippen LogP contribution is 2.20. The van der Waals surface area contributed by atoms with Gasteiger partial charge in [-0.05, 0) is 25.1 Å². The summed E-state index contributed by atoms with van der Waals surface area (Å²) in [4.78, 5) is 1.58. The van der Waals surface area contributed by atoms with Gasteiger partial charge >= 0.3 is 6.18 Å². The first kappa shape index (κ1) is 13.0. The molecule has 0 saturated carbocycles. The van der Waals surface area contributed by atoms with Crippen LogP contribution in [-0.4, -0.2) is 12.7 Å². The zero-order valence-electron chi connectivity index (χ0n) is 8.47. The molecule has 1 rings (SSSR count). The van der Waals surface area contributed by atoms with Gasteiger partial charge in [-0.1, -0.05) is 0 Å². The second-order valence-electron chi connectivity index (χ2n) is 3.27. The molecule has 0 aromatic carbocycles. The van der Waals surface area contributed by atoms with Crippen molar-refractivity contribution in [3.8, 4) is 6.07 Å². The van der Waals surface area contributed by atoms with Crippen LogP contribution in [0.15, 0.2) is 12.1 Å². The highest BCUT2D eigenvalue weighted by Gasteiger charge is 2.25. The van der Waals surface area contributed by atoms with Crippen LogP contribution in [0.1, 0.15) is 22.6 Å². The topological polar surface area (TPSA) is 35.8 Å². The van der Waals surface area contributed by atoms with E-state index in [2.05, 4.69) is 5.32 Å². The third-order valence-corrected chi connectivity index (χ3v) is 2.87. The smallest absolute Gasteiger partial charge is 0.312 e. The van der Waals surface area contributed by atoms with Gasteiger partial charge in [-0.3, -0.25) is 0 Å². The molecule has 16 heavy (non-hydrogen) atoms. The molecule has 0 aliphatic rings. The van der Waals surface area contributed by atoms with Gasteiger partial charge in [0.05, 0.1) is 0 Å². The van der Waals surface area contributed by atoms with E-state index in [1.165, 1.54) is 11.3 Å². The fraction of sp³-hybridized carbons (Fsp3) is 0.500. The van der Waals surface area contributed by atoms with E-state index in [0.29, 0.717) is 18.0 Å². The van der Waals surface area contributed by atoms with Crippen molar-refractivity contribution in [2.75, 3.05) is 6.54 Å². The van der Waals surface area contributed by atoms with Gasteiger partial charge in [-0.15, -0.1) is 11.3 Å². The number of hydrogen-bond donors (Lipinski definition) is 1. The molecule has 0 fully saturated rings. The number of nitrogens with zero attached hydrogens (tertiary/aromatic N) is 1. The normalized spacial score (nSPS) is 11.4. The summed E-state index contributed by atoms with van der Waals surface area (Å²) in [5.74, 6) is 0. The maximum atomic E-state index is 11.8. The Morgan fingerprint density at radius 2 is 2.12 bits per heavy atom. The summed E-state index contributed by atoms with van der Waals surface area (Å²) in [5, 5.41) is 11.5. The molecule has 0 radical (unpaired) electrons. The monoisotopic (exact) mass is 248 g/mol. The predicted molar refractivity (Wildman–Crippen MR) is 56.0 cm³/mol. The lowest BCUT2D eigenvalue weighted by Crippen LogP contribution is -2.17. The van der Waals surface area contributed by atoms with Gasteiger partial charge in [0.15, 0.2) is 0 Å². The first-order valence-corrected chi connectivity index (χ1v) is 5.59. The lowest BCUT2D eigenvalue weighted by Gasteiger charge is -2.06. The van der Waals surface area contributed by atoms with Crippen molar-refractivity contribution < 1.29 is 13.2 Å². The zero-order chi connectivity index (χ0) is 12.0. The van der Waals surface area contributed by atoms with Crippen LogP contribution in [0.2, 0.25) is 0 Å². The summed E-state index contributed by atoms with van der Waals surface area (Å²) in [6, 6.07) is 5.52. The molecule has 0 spiro atoms. The quantitative estimate of drug-likeness (QED) is 0.813. The Morgan fingerprint density at radius 3 is 2.69 bits per heavy atom. The van der Waals surface area contributed by atoms with Crippen LogP contribution in [0.4, 0.5) is 13.2 Å². The van der Waals surface area contributed by atoms with Crippen LogP contribution < -0.4 is 5.32 Å². The number of alkyl halides is 3. The predicted octanol–water partition coefficient (Wildman–Crippen LogP) is 3.05. The first-order valence-electron chi connectivity index (χ1n) is 4.77. The summed E-state index contributed by atoms with van der Waals surface area (Å²) in [7, 11) is 0. The van der Waals surface area contributed by atoms with Crippen molar-refractivity contribution >= 4 is 11.3 Å². The molecular formula is C10H11F3N2S. The third-order valence-electron chi connectivity index (χ3n) is 1.88. The van der Waals surface area contributed by atoms with E-state index < -0.39 is 12.6 Å². The van der Waals surface area contributed by atoms with Gasteiger partial charge in [-0.25, -0.2) is 0 Å². The van der Waals surface area contributed by atoms with E-state index >= 15 is 0 Å². The maximum Gasteiger partial charge on any atom is 0.389 e. The second kappa shape index (κ2) is 5.87. The van der Waals surface area contributed by atoms with Crippen LogP contribution in [0.5, 0.6) is 0 Å². The lowest BCUT2D eigenvalue weighted by molar-refractivity contribution is -0.135. The van der Waals surface area contributed by atoms with Crippen LogP contribution >= 0.6 is 11.3 Å². The Bertz CT molecular complexity index is 365. The van der Waals surface area contributed by atoms with E-state index in [4.69, 9.17) is 5.26 Å². The van der Waals surface area contributed by atoms with Gasteiger partial charge in [0.2, 0.25) is 0 Å². The second-order valence-corrected chi connectivity index (χ2v) is 4.44. The molecule has 88 valence electrons. The van der Waals surface area contributed by atoms with Crippen LogP contribution in [0, 0.1) is 11.3 Å². The molecule has 0 aliphatic heterocycles. The highest BCUT2D eigenvalue weighted by molar-refractivity contribution is 7.12. The lowest BCUT2D eigenvalue weighted by atomic mass is 10.3. The minimum atomic E-state index is -4.07. The van der Waals surface area contributed by atoms with Gasteiger partial charge in [-0.2, -0.15) is 18.4 Å². The van der Waals surface area contributed by atoms with Gasteiger partial charge in [0.1, 0.15) is 10.9 Å². The Labute approximate surface area is 95.7 Å². The molecule has 0 aliphatic carbocycles. The van der Waals surface area contributed by atoms with Crippen LogP contribution in [0.3, 0.4) is 0 Å².